The molecule has 0 radical (unpaired) electrons. The molecular formula is C15H26N2O. The Kier molecular flexibility index (Phi) is 6.69. The third kappa shape index (κ3) is 6.58. The molecule has 102 valence electrons. The lowest BCUT2D eigenvalue weighted by atomic mass is 9.98. The minimum absolute atomic E-state index is 0.732. The molecule has 18 heavy (non-hydrogen) atoms. The van der Waals surface area contributed by atoms with Crippen molar-refractivity contribution in [3.63, 3.8) is 0 Å². The van der Waals surface area contributed by atoms with Crippen LogP contribution >= 0.6 is 0 Å². The zero-order chi connectivity index (χ0) is 13.4. The topological polar surface area (TPSA) is 35.0 Å². The van der Waals surface area contributed by atoms with Gasteiger partial charge in [0.25, 0.3) is 0 Å². The number of nitrogens with zero attached hydrogens (tertiary/aromatic N) is 2. The molecule has 0 aliphatic rings. The minimum atomic E-state index is 0.732. The third-order valence-corrected chi connectivity index (χ3v) is 3.12. The second-order valence-corrected chi connectivity index (χ2v) is 5.53. The van der Waals surface area contributed by atoms with Crippen molar-refractivity contribution >= 4 is 0 Å². The Balaban J connectivity index is 2.11. The molecule has 3 nitrogen and oxygen atoms in total. The predicted molar refractivity (Wildman–Crippen MR) is 74.7 cm³/mol. The summed E-state index contributed by atoms with van der Waals surface area (Å²) in [6.07, 6.45) is 8.54. The number of rotatable bonds is 8. The van der Waals surface area contributed by atoms with E-state index in [1.54, 1.807) is 12.4 Å². The first-order valence-electron chi connectivity index (χ1n) is 6.99. The van der Waals surface area contributed by atoms with Gasteiger partial charge in [-0.25, -0.2) is 9.97 Å². The SMILES string of the molecule is Cc1ncc(OCCC(C)CCCC(C)C)cn1. The summed E-state index contributed by atoms with van der Waals surface area (Å²) in [7, 11) is 0. The number of ether oxygens (including phenoxy) is 1. The molecule has 0 aromatic carbocycles. The molecule has 1 aromatic heterocycles. The summed E-state index contributed by atoms with van der Waals surface area (Å²) < 4.78 is 5.63. The van der Waals surface area contributed by atoms with Gasteiger partial charge in [-0.05, 0) is 25.2 Å². The summed E-state index contributed by atoms with van der Waals surface area (Å²) in [4.78, 5) is 8.22. The highest BCUT2D eigenvalue weighted by atomic mass is 16.5. The molecule has 0 amide bonds. The van der Waals surface area contributed by atoms with Gasteiger partial charge >= 0.3 is 0 Å². The van der Waals surface area contributed by atoms with Crippen LogP contribution in [0.4, 0.5) is 0 Å². The Bertz CT molecular complexity index is 322. The van der Waals surface area contributed by atoms with Gasteiger partial charge in [-0.15, -0.1) is 0 Å². The fourth-order valence-electron chi connectivity index (χ4n) is 1.85. The average molecular weight is 250 g/mol. The highest BCUT2D eigenvalue weighted by Gasteiger charge is 2.04. The van der Waals surface area contributed by atoms with E-state index in [9.17, 15) is 0 Å². The van der Waals surface area contributed by atoms with Crippen molar-refractivity contribution in [1.29, 1.82) is 0 Å². The van der Waals surface area contributed by atoms with E-state index >= 15 is 0 Å². The van der Waals surface area contributed by atoms with E-state index in [-0.39, 0.29) is 0 Å². The van der Waals surface area contributed by atoms with Crippen molar-refractivity contribution in [3.05, 3.63) is 18.2 Å². The van der Waals surface area contributed by atoms with E-state index in [4.69, 9.17) is 4.74 Å². The van der Waals surface area contributed by atoms with Gasteiger partial charge in [-0.3, -0.25) is 0 Å². The molecule has 0 fully saturated rings. The zero-order valence-electron chi connectivity index (χ0n) is 12.1. The Morgan fingerprint density at radius 1 is 1.06 bits per heavy atom. The quantitative estimate of drug-likeness (QED) is 0.699. The summed E-state index contributed by atoms with van der Waals surface area (Å²) in [5, 5.41) is 0. The van der Waals surface area contributed by atoms with E-state index in [0.29, 0.717) is 0 Å². The summed E-state index contributed by atoms with van der Waals surface area (Å²) in [5.74, 6) is 3.10. The summed E-state index contributed by atoms with van der Waals surface area (Å²) in [6.45, 7) is 9.50. The zero-order valence-corrected chi connectivity index (χ0v) is 12.1. The Labute approximate surface area is 111 Å². The highest BCUT2D eigenvalue weighted by Crippen LogP contribution is 2.16. The van der Waals surface area contributed by atoms with Crippen molar-refractivity contribution in [3.8, 4) is 5.75 Å². The van der Waals surface area contributed by atoms with Gasteiger partial charge in [0.05, 0.1) is 19.0 Å². The van der Waals surface area contributed by atoms with Gasteiger partial charge in [0.1, 0.15) is 5.82 Å². The summed E-state index contributed by atoms with van der Waals surface area (Å²) in [5.41, 5.74) is 0. The molecule has 0 saturated heterocycles. The fraction of sp³-hybridized carbons (Fsp3) is 0.733. The molecular weight excluding hydrogens is 224 g/mol. The second-order valence-electron chi connectivity index (χ2n) is 5.53. The standard InChI is InChI=1S/C15H26N2O/c1-12(2)6-5-7-13(3)8-9-18-15-10-16-14(4)17-11-15/h10-13H,5-9H2,1-4H3. The van der Waals surface area contributed by atoms with Gasteiger partial charge in [0.2, 0.25) is 0 Å². The van der Waals surface area contributed by atoms with Gasteiger partial charge in [0, 0.05) is 0 Å². The molecule has 1 aromatic rings. The maximum absolute atomic E-state index is 5.63. The third-order valence-electron chi connectivity index (χ3n) is 3.12. The lowest BCUT2D eigenvalue weighted by molar-refractivity contribution is 0.274. The van der Waals surface area contributed by atoms with Crippen LogP contribution < -0.4 is 4.74 Å². The molecule has 0 saturated carbocycles. The number of hydrogen-bond acceptors (Lipinski definition) is 3. The molecule has 1 rings (SSSR count). The van der Waals surface area contributed by atoms with Gasteiger partial charge in [-0.2, -0.15) is 0 Å². The second kappa shape index (κ2) is 8.06. The van der Waals surface area contributed by atoms with E-state index in [0.717, 1.165) is 36.4 Å². The van der Waals surface area contributed by atoms with E-state index < -0.39 is 0 Å². The van der Waals surface area contributed by atoms with Crippen molar-refractivity contribution in [2.75, 3.05) is 6.61 Å². The van der Waals surface area contributed by atoms with Crippen molar-refractivity contribution in [1.82, 2.24) is 9.97 Å². The number of aromatic nitrogens is 2. The molecule has 0 aliphatic carbocycles. The first-order chi connectivity index (χ1) is 8.58. The van der Waals surface area contributed by atoms with Gasteiger partial charge in [-0.1, -0.05) is 40.0 Å². The van der Waals surface area contributed by atoms with Gasteiger partial charge < -0.3 is 4.74 Å². The lowest BCUT2D eigenvalue weighted by Gasteiger charge is -2.12. The van der Waals surface area contributed by atoms with E-state index in [2.05, 4.69) is 30.7 Å². The van der Waals surface area contributed by atoms with Crippen molar-refractivity contribution in [2.24, 2.45) is 11.8 Å². The summed E-state index contributed by atoms with van der Waals surface area (Å²) >= 11 is 0. The molecule has 0 bridgehead atoms. The number of aryl methyl sites for hydroxylation is 1. The van der Waals surface area contributed by atoms with Crippen LogP contribution in [0.15, 0.2) is 12.4 Å². The van der Waals surface area contributed by atoms with Crippen LogP contribution in [0.1, 0.15) is 52.3 Å². The van der Waals surface area contributed by atoms with Crippen molar-refractivity contribution in [2.45, 2.75) is 53.4 Å². The average Bonchev–Trinajstić information content (AvgIpc) is 2.31. The molecule has 0 spiro atoms. The first kappa shape index (κ1) is 14.9. The van der Waals surface area contributed by atoms with Crippen LogP contribution in [0.2, 0.25) is 0 Å². The molecule has 0 aliphatic heterocycles. The molecule has 1 atom stereocenters. The van der Waals surface area contributed by atoms with E-state index in [1.807, 2.05) is 6.92 Å². The fourth-order valence-corrected chi connectivity index (χ4v) is 1.85. The first-order valence-corrected chi connectivity index (χ1v) is 6.99. The van der Waals surface area contributed by atoms with Crippen molar-refractivity contribution < 1.29 is 4.74 Å². The lowest BCUT2D eigenvalue weighted by Crippen LogP contribution is -2.05. The van der Waals surface area contributed by atoms with Crippen LogP contribution in [0.5, 0.6) is 5.75 Å². The van der Waals surface area contributed by atoms with E-state index in [1.165, 1.54) is 19.3 Å². The summed E-state index contributed by atoms with van der Waals surface area (Å²) in [6, 6.07) is 0. The van der Waals surface area contributed by atoms with Crippen LogP contribution in [0, 0.1) is 18.8 Å². The Morgan fingerprint density at radius 3 is 2.33 bits per heavy atom. The minimum Gasteiger partial charge on any atom is -0.490 e. The van der Waals surface area contributed by atoms with Gasteiger partial charge in [0.15, 0.2) is 5.75 Å². The van der Waals surface area contributed by atoms with Crippen LogP contribution in [-0.2, 0) is 0 Å². The number of hydrogen-bond donors (Lipinski definition) is 0. The Hall–Kier alpha value is -1.12. The molecule has 1 unspecified atom stereocenters. The molecule has 1 heterocycles. The predicted octanol–water partition coefficient (Wildman–Crippen LogP) is 4.02. The normalized spacial score (nSPS) is 12.7. The van der Waals surface area contributed by atoms with Crippen LogP contribution in [-0.4, -0.2) is 16.6 Å². The maximum atomic E-state index is 5.63. The molecule has 0 N–H and O–H groups in total. The van der Waals surface area contributed by atoms with Crippen LogP contribution in [0.3, 0.4) is 0 Å². The smallest absolute Gasteiger partial charge is 0.155 e. The van der Waals surface area contributed by atoms with Crippen LogP contribution in [0.25, 0.3) is 0 Å². The highest BCUT2D eigenvalue weighted by molar-refractivity contribution is 5.11. The largest absolute Gasteiger partial charge is 0.490 e. The molecule has 3 heteroatoms. The maximum Gasteiger partial charge on any atom is 0.155 e. The monoisotopic (exact) mass is 250 g/mol. The Morgan fingerprint density at radius 2 is 1.72 bits per heavy atom.